The highest BCUT2D eigenvalue weighted by atomic mass is 16.7. The second-order valence-corrected chi connectivity index (χ2v) is 8.53. The zero-order valence-electron chi connectivity index (χ0n) is 18.8. The van der Waals surface area contributed by atoms with Crippen LogP contribution in [0.15, 0.2) is 30.5 Å². The number of carbonyl (C=O) groups is 2. The summed E-state index contributed by atoms with van der Waals surface area (Å²) in [7, 11) is 0. The molecule has 0 amide bonds. The highest BCUT2D eigenvalue weighted by Gasteiger charge is 2.38. The number of carboxylic acid groups (broad SMARTS) is 1. The van der Waals surface area contributed by atoms with Crippen molar-refractivity contribution in [1.82, 2.24) is 4.98 Å². The minimum atomic E-state index is -0.994. The largest absolute Gasteiger partial charge is 0.481 e. The van der Waals surface area contributed by atoms with Gasteiger partial charge in [0.2, 0.25) is 0 Å². The van der Waals surface area contributed by atoms with E-state index in [0.29, 0.717) is 18.6 Å². The molecule has 1 aliphatic heterocycles. The molecule has 1 aromatic carbocycles. The first-order chi connectivity index (χ1) is 15.8. The topological polar surface area (TPSA) is 138 Å². The number of ether oxygens (including phenoxy) is 3. The highest BCUT2D eigenvalue weighted by molar-refractivity contribution is 6.04. The number of hydrogen-bond acceptors (Lipinski definition) is 7. The maximum atomic E-state index is 12.7. The summed E-state index contributed by atoms with van der Waals surface area (Å²) in [6.07, 6.45) is 1.81. The number of aromatic amines is 1. The molecule has 3 rings (SSSR count). The van der Waals surface area contributed by atoms with Gasteiger partial charge in [0.05, 0.1) is 24.2 Å². The number of fused-ring (bicyclic) bond motifs is 1. The van der Waals surface area contributed by atoms with Gasteiger partial charge in [-0.1, -0.05) is 37.5 Å². The molecular formula is C24H33NO8. The Morgan fingerprint density at radius 3 is 2.76 bits per heavy atom. The summed E-state index contributed by atoms with van der Waals surface area (Å²) in [6, 6.07) is 7.47. The van der Waals surface area contributed by atoms with Crippen LogP contribution in [0.25, 0.3) is 10.9 Å². The number of carboxylic acids is 1. The van der Waals surface area contributed by atoms with E-state index in [2.05, 4.69) is 4.98 Å². The van der Waals surface area contributed by atoms with Crippen molar-refractivity contribution in [3.05, 3.63) is 36.0 Å². The number of hydrogen-bond donors (Lipinski definition) is 4. The zero-order chi connectivity index (χ0) is 23.8. The van der Waals surface area contributed by atoms with Gasteiger partial charge >= 0.3 is 11.9 Å². The van der Waals surface area contributed by atoms with Gasteiger partial charge in [-0.25, -0.2) is 4.79 Å². The molecule has 1 aliphatic rings. The first kappa shape index (κ1) is 25.2. The number of rotatable bonds is 12. The fourth-order valence-corrected chi connectivity index (χ4v) is 4.01. The van der Waals surface area contributed by atoms with E-state index >= 15 is 0 Å². The third kappa shape index (κ3) is 7.26. The van der Waals surface area contributed by atoms with Crippen LogP contribution in [0.3, 0.4) is 0 Å². The molecule has 2 aromatic rings. The van der Waals surface area contributed by atoms with Crippen LogP contribution in [0.2, 0.25) is 0 Å². The van der Waals surface area contributed by atoms with Gasteiger partial charge in [-0.3, -0.25) is 4.79 Å². The molecule has 182 valence electrons. The maximum Gasteiger partial charge on any atom is 0.340 e. The van der Waals surface area contributed by atoms with Gasteiger partial charge in [0.25, 0.3) is 0 Å². The number of aliphatic carboxylic acids is 1. The summed E-state index contributed by atoms with van der Waals surface area (Å²) in [5.74, 6) is -1.46. The number of H-pyrrole nitrogens is 1. The van der Waals surface area contributed by atoms with Crippen LogP contribution in [-0.2, 0) is 19.0 Å². The second-order valence-electron chi connectivity index (χ2n) is 8.53. The lowest BCUT2D eigenvalue weighted by Crippen LogP contribution is -2.48. The molecule has 0 radical (unpaired) electrons. The van der Waals surface area contributed by atoms with Crippen LogP contribution in [0, 0.1) is 0 Å². The van der Waals surface area contributed by atoms with Crippen LogP contribution in [0.1, 0.15) is 62.2 Å². The van der Waals surface area contributed by atoms with Gasteiger partial charge in [0.1, 0.15) is 12.2 Å². The first-order valence-corrected chi connectivity index (χ1v) is 11.5. The van der Waals surface area contributed by atoms with Crippen molar-refractivity contribution < 1.29 is 39.1 Å². The molecule has 33 heavy (non-hydrogen) atoms. The predicted molar refractivity (Wildman–Crippen MR) is 120 cm³/mol. The van der Waals surface area contributed by atoms with Crippen LogP contribution >= 0.6 is 0 Å². The quantitative estimate of drug-likeness (QED) is 0.278. The molecule has 4 N–H and O–H groups in total. The lowest BCUT2D eigenvalue weighted by atomic mass is 10.0. The van der Waals surface area contributed by atoms with Crippen molar-refractivity contribution in [2.75, 3.05) is 6.61 Å². The Balaban J connectivity index is 1.36. The van der Waals surface area contributed by atoms with E-state index in [1.165, 1.54) is 0 Å². The standard InChI is InChI=1S/C24H33NO8/c1-15-21(33-23(30)18-14-25-19-10-6-5-9-17(18)19)13-20(27)24(32-15)31-11-7-3-2-4-8-16(26)12-22(28)29/h5-6,9-10,14-16,20-21,24-27H,2-4,7-8,11-13H2,1H3,(H,28,29). The molecule has 9 heteroatoms. The van der Waals surface area contributed by atoms with Gasteiger partial charge in [-0.15, -0.1) is 0 Å². The molecule has 0 spiro atoms. The number of aliphatic hydroxyl groups is 2. The number of nitrogens with one attached hydrogen (secondary N) is 1. The number of aromatic nitrogens is 1. The third-order valence-electron chi connectivity index (χ3n) is 5.85. The van der Waals surface area contributed by atoms with Gasteiger partial charge in [0.15, 0.2) is 6.29 Å². The highest BCUT2D eigenvalue weighted by Crippen LogP contribution is 2.26. The average Bonchev–Trinajstić information content (AvgIpc) is 3.20. The van der Waals surface area contributed by atoms with E-state index in [1.54, 1.807) is 13.1 Å². The molecule has 1 saturated heterocycles. The summed E-state index contributed by atoms with van der Waals surface area (Å²) in [6.45, 7) is 2.20. The normalized spacial score (nSPS) is 24.0. The van der Waals surface area contributed by atoms with Crippen LogP contribution in [0.4, 0.5) is 0 Å². The number of carbonyl (C=O) groups excluding carboxylic acids is 1. The van der Waals surface area contributed by atoms with Crippen molar-refractivity contribution in [2.45, 2.75) is 82.6 Å². The Hall–Kier alpha value is -2.46. The number of unbranched alkanes of at least 4 members (excludes halogenated alkanes) is 3. The molecule has 1 aromatic heterocycles. The van der Waals surface area contributed by atoms with E-state index < -0.39 is 42.6 Å². The lowest BCUT2D eigenvalue weighted by Gasteiger charge is -2.37. The predicted octanol–water partition coefficient (Wildman–Crippen LogP) is 2.99. The van der Waals surface area contributed by atoms with E-state index in [0.717, 1.165) is 36.6 Å². The van der Waals surface area contributed by atoms with Gasteiger partial charge < -0.3 is 34.5 Å². The summed E-state index contributed by atoms with van der Waals surface area (Å²) >= 11 is 0. The molecule has 5 unspecified atom stereocenters. The van der Waals surface area contributed by atoms with Crippen LogP contribution in [-0.4, -0.2) is 69.6 Å². The third-order valence-corrected chi connectivity index (χ3v) is 5.85. The number of esters is 1. The SMILES string of the molecule is CC1OC(OCCCCCCC(O)CC(=O)O)C(O)CC1OC(=O)c1c[nH]c2ccccc12. The molecule has 9 nitrogen and oxygen atoms in total. The summed E-state index contributed by atoms with van der Waals surface area (Å²) < 4.78 is 17.1. The van der Waals surface area contributed by atoms with Gasteiger partial charge in [-0.2, -0.15) is 0 Å². The van der Waals surface area contributed by atoms with Crippen molar-refractivity contribution in [2.24, 2.45) is 0 Å². The number of benzene rings is 1. The van der Waals surface area contributed by atoms with Gasteiger partial charge in [0, 0.05) is 30.1 Å². The van der Waals surface area contributed by atoms with Gasteiger partial charge in [-0.05, 0) is 25.8 Å². The fourth-order valence-electron chi connectivity index (χ4n) is 4.01. The zero-order valence-corrected chi connectivity index (χ0v) is 18.8. The van der Waals surface area contributed by atoms with Crippen molar-refractivity contribution in [3.8, 4) is 0 Å². The summed E-state index contributed by atoms with van der Waals surface area (Å²) in [4.78, 5) is 26.2. The molecule has 2 heterocycles. The summed E-state index contributed by atoms with van der Waals surface area (Å²) in [5, 5.41) is 29.4. The van der Waals surface area contributed by atoms with E-state index in [1.807, 2.05) is 24.3 Å². The van der Waals surface area contributed by atoms with Crippen molar-refractivity contribution >= 4 is 22.8 Å². The molecule has 0 aliphatic carbocycles. The van der Waals surface area contributed by atoms with Crippen LogP contribution in [0.5, 0.6) is 0 Å². The molecule has 5 atom stereocenters. The first-order valence-electron chi connectivity index (χ1n) is 11.5. The molecule has 0 saturated carbocycles. The fraction of sp³-hybridized carbons (Fsp3) is 0.583. The van der Waals surface area contributed by atoms with E-state index in [4.69, 9.17) is 19.3 Å². The molecule has 0 bridgehead atoms. The average molecular weight is 464 g/mol. The Morgan fingerprint density at radius 2 is 1.97 bits per heavy atom. The number of para-hydroxylation sites is 1. The molecular weight excluding hydrogens is 430 g/mol. The van der Waals surface area contributed by atoms with Crippen molar-refractivity contribution in [1.29, 1.82) is 0 Å². The Morgan fingerprint density at radius 1 is 1.21 bits per heavy atom. The Kier molecular flexibility index (Phi) is 9.25. The Bertz CT molecular complexity index is 913. The lowest BCUT2D eigenvalue weighted by molar-refractivity contribution is -0.260. The van der Waals surface area contributed by atoms with Crippen LogP contribution < -0.4 is 0 Å². The Labute approximate surface area is 192 Å². The maximum absolute atomic E-state index is 12.7. The second kappa shape index (κ2) is 12.1. The van der Waals surface area contributed by atoms with E-state index in [-0.39, 0.29) is 12.8 Å². The minimum absolute atomic E-state index is 0.224. The smallest absolute Gasteiger partial charge is 0.340 e. The monoisotopic (exact) mass is 463 g/mol. The van der Waals surface area contributed by atoms with Crippen molar-refractivity contribution in [3.63, 3.8) is 0 Å². The van der Waals surface area contributed by atoms with E-state index in [9.17, 15) is 19.8 Å². The molecule has 1 fully saturated rings. The number of aliphatic hydroxyl groups excluding tert-OH is 2. The summed E-state index contributed by atoms with van der Waals surface area (Å²) in [5.41, 5.74) is 1.29. The minimum Gasteiger partial charge on any atom is -0.481 e.